The molecule has 1 aliphatic heterocycles. The van der Waals surface area contributed by atoms with Gasteiger partial charge in [0.15, 0.2) is 0 Å². The molecular weight excluding hydrogens is 272 g/mol. The third-order valence-electron chi connectivity index (χ3n) is 3.84. The lowest BCUT2D eigenvalue weighted by atomic mass is 10.1. The van der Waals surface area contributed by atoms with Gasteiger partial charge in [-0.25, -0.2) is 0 Å². The van der Waals surface area contributed by atoms with E-state index < -0.39 is 6.04 Å². The maximum atomic E-state index is 12.4. The molecule has 1 aromatic rings. The van der Waals surface area contributed by atoms with Crippen molar-refractivity contribution in [3.8, 4) is 5.75 Å². The first-order valence-corrected chi connectivity index (χ1v) is 6.93. The molecule has 6 heteroatoms. The van der Waals surface area contributed by atoms with E-state index in [1.165, 1.54) is 0 Å². The summed E-state index contributed by atoms with van der Waals surface area (Å²) in [6.45, 7) is 0.994. The average molecular weight is 294 g/mol. The minimum Gasteiger partial charge on any atom is -0.508 e. The number of hydrogen-bond acceptors (Lipinski definition) is 5. The minimum atomic E-state index is -0.609. The Hall–Kier alpha value is -1.63. The van der Waals surface area contributed by atoms with Gasteiger partial charge in [-0.1, -0.05) is 12.1 Å². The van der Waals surface area contributed by atoms with Crippen molar-refractivity contribution in [1.29, 1.82) is 0 Å². The number of phenols is 1. The van der Waals surface area contributed by atoms with E-state index in [0.29, 0.717) is 19.5 Å². The lowest BCUT2D eigenvalue weighted by molar-refractivity contribution is -0.132. The van der Waals surface area contributed by atoms with Gasteiger partial charge >= 0.3 is 0 Å². The van der Waals surface area contributed by atoms with Gasteiger partial charge in [0, 0.05) is 27.3 Å². The first-order valence-electron chi connectivity index (χ1n) is 6.93. The highest BCUT2D eigenvalue weighted by Crippen LogP contribution is 2.17. The molecule has 6 nitrogen and oxygen atoms in total. The van der Waals surface area contributed by atoms with E-state index >= 15 is 0 Å². The molecule has 116 valence electrons. The number of rotatable bonds is 5. The molecule has 0 aromatic heterocycles. The van der Waals surface area contributed by atoms with E-state index in [0.717, 1.165) is 5.56 Å². The Bertz CT molecular complexity index is 465. The van der Waals surface area contributed by atoms with Gasteiger partial charge in [-0.3, -0.25) is 4.79 Å². The fraction of sp³-hybridized carbons (Fsp3) is 0.533. The van der Waals surface area contributed by atoms with Crippen molar-refractivity contribution in [2.45, 2.75) is 24.7 Å². The lowest BCUT2D eigenvalue weighted by Gasteiger charge is -2.20. The number of methoxy groups -OCH3 is 2. The van der Waals surface area contributed by atoms with Crippen LogP contribution in [0.3, 0.4) is 0 Å². The van der Waals surface area contributed by atoms with Crippen molar-refractivity contribution in [1.82, 2.24) is 4.90 Å². The number of carbonyl (C=O) groups excluding carboxylic acids is 1. The summed E-state index contributed by atoms with van der Waals surface area (Å²) in [6.07, 6.45) is 0.213. The van der Waals surface area contributed by atoms with E-state index in [2.05, 4.69) is 0 Å². The molecule has 3 atom stereocenters. The molecular formula is C15H22N2O4. The van der Waals surface area contributed by atoms with Crippen LogP contribution in [0.4, 0.5) is 0 Å². The first-order chi connectivity index (χ1) is 10.0. The van der Waals surface area contributed by atoms with E-state index in [4.69, 9.17) is 15.2 Å². The van der Waals surface area contributed by atoms with E-state index in [1.807, 2.05) is 0 Å². The smallest absolute Gasteiger partial charge is 0.240 e. The predicted octanol–water partition coefficient (Wildman–Crippen LogP) is 0.134. The Kier molecular flexibility index (Phi) is 5.17. The van der Waals surface area contributed by atoms with Gasteiger partial charge in [0.1, 0.15) is 18.0 Å². The van der Waals surface area contributed by atoms with E-state index in [-0.39, 0.29) is 23.9 Å². The van der Waals surface area contributed by atoms with Crippen LogP contribution in [-0.2, 0) is 20.7 Å². The summed E-state index contributed by atoms with van der Waals surface area (Å²) < 4.78 is 10.6. The third-order valence-corrected chi connectivity index (χ3v) is 3.84. The van der Waals surface area contributed by atoms with Gasteiger partial charge in [0.2, 0.25) is 5.91 Å². The lowest BCUT2D eigenvalue weighted by Crippen LogP contribution is -2.44. The zero-order valence-electron chi connectivity index (χ0n) is 12.4. The summed E-state index contributed by atoms with van der Waals surface area (Å²) in [5.74, 6) is 0.0914. The fourth-order valence-electron chi connectivity index (χ4n) is 2.58. The van der Waals surface area contributed by atoms with Crippen molar-refractivity contribution in [3.63, 3.8) is 0 Å². The van der Waals surface area contributed by atoms with Crippen LogP contribution < -0.4 is 5.73 Å². The molecule has 0 aliphatic carbocycles. The summed E-state index contributed by atoms with van der Waals surface area (Å²) in [5, 5.41) is 9.25. The number of nitrogens with two attached hydrogens (primary N) is 1. The molecule has 3 N–H and O–H groups in total. The summed E-state index contributed by atoms with van der Waals surface area (Å²) in [6, 6.07) is 6.10. The Morgan fingerprint density at radius 3 is 2.29 bits per heavy atom. The normalized spacial score (nSPS) is 23.3. The van der Waals surface area contributed by atoms with Crippen LogP contribution in [0.25, 0.3) is 0 Å². The second kappa shape index (κ2) is 6.89. The number of phenolic OH excluding ortho intramolecular Hbond substituents is 1. The maximum absolute atomic E-state index is 12.4. The summed E-state index contributed by atoms with van der Waals surface area (Å²) >= 11 is 0. The van der Waals surface area contributed by atoms with Gasteiger partial charge in [-0.2, -0.15) is 0 Å². The Balaban J connectivity index is 1.95. The van der Waals surface area contributed by atoms with Crippen LogP contribution >= 0.6 is 0 Å². The van der Waals surface area contributed by atoms with Gasteiger partial charge in [0.05, 0.1) is 6.04 Å². The molecule has 1 saturated heterocycles. The fourth-order valence-corrected chi connectivity index (χ4v) is 2.58. The SMILES string of the molecule is COC1CN(C(=O)[C@H](N)Cc2ccc(O)cc2)CC1OC. The second-order valence-electron chi connectivity index (χ2n) is 5.27. The molecule has 1 amide bonds. The zero-order chi connectivity index (χ0) is 15.4. The molecule has 1 aromatic carbocycles. The van der Waals surface area contributed by atoms with Crippen molar-refractivity contribution >= 4 is 5.91 Å². The summed E-state index contributed by atoms with van der Waals surface area (Å²) in [5.41, 5.74) is 6.92. The Morgan fingerprint density at radius 2 is 1.81 bits per heavy atom. The van der Waals surface area contributed by atoms with Crippen molar-refractivity contribution in [2.24, 2.45) is 5.73 Å². The molecule has 1 fully saturated rings. The highest BCUT2D eigenvalue weighted by Gasteiger charge is 2.36. The number of likely N-dealkylation sites (tertiary alicyclic amines) is 1. The highest BCUT2D eigenvalue weighted by atomic mass is 16.5. The molecule has 21 heavy (non-hydrogen) atoms. The molecule has 2 unspecified atom stereocenters. The van der Waals surface area contributed by atoms with Crippen molar-refractivity contribution in [2.75, 3.05) is 27.3 Å². The van der Waals surface area contributed by atoms with Crippen LogP contribution in [0.1, 0.15) is 5.56 Å². The highest BCUT2D eigenvalue weighted by molar-refractivity contribution is 5.82. The number of amides is 1. The van der Waals surface area contributed by atoms with Crippen LogP contribution in [0, 0.1) is 0 Å². The number of nitrogens with zero attached hydrogens (tertiary/aromatic N) is 1. The van der Waals surface area contributed by atoms with Crippen LogP contribution in [0.5, 0.6) is 5.75 Å². The first kappa shape index (κ1) is 15.8. The molecule has 0 spiro atoms. The number of carbonyl (C=O) groups is 1. The van der Waals surface area contributed by atoms with Gasteiger partial charge in [-0.15, -0.1) is 0 Å². The molecule has 1 heterocycles. The second-order valence-corrected chi connectivity index (χ2v) is 5.27. The van der Waals surface area contributed by atoms with Crippen molar-refractivity contribution in [3.05, 3.63) is 29.8 Å². The Morgan fingerprint density at radius 1 is 1.29 bits per heavy atom. The number of aromatic hydroxyl groups is 1. The maximum Gasteiger partial charge on any atom is 0.240 e. The van der Waals surface area contributed by atoms with Gasteiger partial charge in [-0.05, 0) is 24.1 Å². The molecule has 1 aliphatic rings. The van der Waals surface area contributed by atoms with E-state index in [9.17, 15) is 9.90 Å². The topological polar surface area (TPSA) is 85.0 Å². The molecule has 2 rings (SSSR count). The summed E-state index contributed by atoms with van der Waals surface area (Å²) in [7, 11) is 3.22. The van der Waals surface area contributed by atoms with Crippen molar-refractivity contribution < 1.29 is 19.4 Å². The van der Waals surface area contributed by atoms with Gasteiger partial charge in [0.25, 0.3) is 0 Å². The number of ether oxygens (including phenoxy) is 2. The van der Waals surface area contributed by atoms with Crippen LogP contribution in [-0.4, -0.2) is 61.5 Å². The average Bonchev–Trinajstić information content (AvgIpc) is 2.92. The summed E-state index contributed by atoms with van der Waals surface area (Å²) in [4.78, 5) is 14.1. The Labute approximate surface area is 124 Å². The number of benzene rings is 1. The monoisotopic (exact) mass is 294 g/mol. The quantitative estimate of drug-likeness (QED) is 0.806. The minimum absolute atomic E-state index is 0.107. The zero-order valence-corrected chi connectivity index (χ0v) is 12.4. The third kappa shape index (κ3) is 3.72. The standard InChI is InChI=1S/C15H22N2O4/c1-20-13-8-17(9-14(13)21-2)15(19)12(16)7-10-3-5-11(18)6-4-10/h3-6,12-14,18H,7-9,16H2,1-2H3/t12-,13?,14?/m1/s1. The number of hydrogen-bond donors (Lipinski definition) is 2. The molecule has 0 bridgehead atoms. The van der Waals surface area contributed by atoms with E-state index in [1.54, 1.807) is 43.4 Å². The predicted molar refractivity (Wildman–Crippen MR) is 78.0 cm³/mol. The largest absolute Gasteiger partial charge is 0.508 e. The molecule has 0 radical (unpaired) electrons. The van der Waals surface area contributed by atoms with Gasteiger partial charge < -0.3 is 25.2 Å². The van der Waals surface area contributed by atoms with Crippen LogP contribution in [0.15, 0.2) is 24.3 Å². The van der Waals surface area contributed by atoms with Crippen LogP contribution in [0.2, 0.25) is 0 Å². The molecule has 0 saturated carbocycles.